The molecule has 6 nitrogen and oxygen atoms in total. The number of benzene rings is 1. The maximum Gasteiger partial charge on any atom is 0.229 e. The van der Waals surface area contributed by atoms with Gasteiger partial charge in [-0.1, -0.05) is 18.2 Å². The lowest BCUT2D eigenvalue weighted by Gasteiger charge is -2.26. The van der Waals surface area contributed by atoms with E-state index >= 15 is 0 Å². The van der Waals surface area contributed by atoms with Crippen molar-refractivity contribution in [3.8, 4) is 0 Å². The van der Waals surface area contributed by atoms with Gasteiger partial charge < -0.3 is 10.6 Å². The van der Waals surface area contributed by atoms with Crippen LogP contribution in [-0.4, -0.2) is 40.5 Å². The highest BCUT2D eigenvalue weighted by molar-refractivity contribution is 5.36. The monoisotopic (exact) mass is 326 g/mol. The zero-order valence-corrected chi connectivity index (χ0v) is 15.0. The first-order chi connectivity index (χ1) is 11.5. The average Bonchev–Trinajstić information content (AvgIpc) is 2.97. The second kappa shape index (κ2) is 6.73. The maximum atomic E-state index is 5.85. The van der Waals surface area contributed by atoms with E-state index in [9.17, 15) is 0 Å². The van der Waals surface area contributed by atoms with Crippen molar-refractivity contribution in [2.75, 3.05) is 31.3 Å². The lowest BCUT2D eigenvalue weighted by Crippen LogP contribution is -2.26. The van der Waals surface area contributed by atoms with Crippen molar-refractivity contribution < 1.29 is 0 Å². The van der Waals surface area contributed by atoms with Crippen LogP contribution in [0, 0.1) is 13.8 Å². The van der Waals surface area contributed by atoms with Crippen LogP contribution >= 0.6 is 0 Å². The van der Waals surface area contributed by atoms with Crippen molar-refractivity contribution in [3.05, 3.63) is 40.7 Å². The number of anilines is 2. The fourth-order valence-electron chi connectivity index (χ4n) is 3.38. The number of hydrogen-bond acceptors (Lipinski definition) is 6. The Kier molecular flexibility index (Phi) is 4.66. The Bertz CT molecular complexity index is 727. The third-order valence-electron chi connectivity index (χ3n) is 4.80. The molecule has 0 radical (unpaired) electrons. The lowest BCUT2D eigenvalue weighted by molar-refractivity contribution is 0.241. The van der Waals surface area contributed by atoms with Gasteiger partial charge in [-0.25, -0.2) is 0 Å². The number of aromatic nitrogens is 3. The molecule has 0 amide bonds. The van der Waals surface area contributed by atoms with Gasteiger partial charge >= 0.3 is 0 Å². The average molecular weight is 326 g/mol. The molecule has 24 heavy (non-hydrogen) atoms. The largest absolute Gasteiger partial charge is 0.368 e. The summed E-state index contributed by atoms with van der Waals surface area (Å²) in [5.74, 6) is 1.63. The molecule has 128 valence electrons. The molecule has 1 atom stereocenters. The van der Waals surface area contributed by atoms with Gasteiger partial charge in [0, 0.05) is 20.1 Å². The predicted octanol–water partition coefficient (Wildman–Crippen LogP) is 2.47. The summed E-state index contributed by atoms with van der Waals surface area (Å²) in [5, 5.41) is 0. The van der Waals surface area contributed by atoms with Crippen LogP contribution in [0.1, 0.15) is 41.4 Å². The molecule has 6 heteroatoms. The van der Waals surface area contributed by atoms with Crippen LogP contribution in [0.15, 0.2) is 18.2 Å². The predicted molar refractivity (Wildman–Crippen MR) is 96.9 cm³/mol. The smallest absolute Gasteiger partial charge is 0.229 e. The topological polar surface area (TPSA) is 71.2 Å². The molecule has 1 aliphatic heterocycles. The molecule has 1 saturated heterocycles. The summed E-state index contributed by atoms with van der Waals surface area (Å²) in [4.78, 5) is 17.4. The van der Waals surface area contributed by atoms with Crippen molar-refractivity contribution in [3.63, 3.8) is 0 Å². The first-order valence-corrected chi connectivity index (χ1v) is 8.43. The Balaban J connectivity index is 1.86. The number of nitrogens with zero attached hydrogens (tertiary/aromatic N) is 5. The molecule has 2 aromatic rings. The van der Waals surface area contributed by atoms with Crippen LogP contribution in [0.3, 0.4) is 0 Å². The molecule has 0 saturated carbocycles. The van der Waals surface area contributed by atoms with E-state index in [1.807, 2.05) is 19.0 Å². The SMILES string of the molecule is Cc1cccc([C@H]2CCCN2Cc2nc(N)nc(N(C)C)n2)c1C. The molecule has 2 N–H and O–H groups in total. The number of likely N-dealkylation sites (tertiary alicyclic amines) is 1. The Morgan fingerprint density at radius 1 is 1.21 bits per heavy atom. The van der Waals surface area contributed by atoms with Gasteiger partial charge in [-0.3, -0.25) is 4.90 Å². The van der Waals surface area contributed by atoms with Crippen LogP contribution < -0.4 is 10.6 Å². The highest BCUT2D eigenvalue weighted by atomic mass is 15.3. The van der Waals surface area contributed by atoms with Gasteiger partial charge in [0.1, 0.15) is 5.82 Å². The van der Waals surface area contributed by atoms with E-state index in [1.54, 1.807) is 0 Å². The zero-order valence-electron chi connectivity index (χ0n) is 15.0. The van der Waals surface area contributed by atoms with E-state index in [2.05, 4.69) is 51.9 Å². The summed E-state index contributed by atoms with van der Waals surface area (Å²) < 4.78 is 0. The van der Waals surface area contributed by atoms with Crippen molar-refractivity contribution >= 4 is 11.9 Å². The maximum absolute atomic E-state index is 5.85. The quantitative estimate of drug-likeness (QED) is 0.931. The van der Waals surface area contributed by atoms with Gasteiger partial charge in [0.2, 0.25) is 11.9 Å². The zero-order chi connectivity index (χ0) is 17.3. The van der Waals surface area contributed by atoms with E-state index in [4.69, 9.17) is 5.73 Å². The molecule has 1 aromatic heterocycles. The highest BCUT2D eigenvalue weighted by Gasteiger charge is 2.28. The molecule has 1 aromatic carbocycles. The number of nitrogen functional groups attached to an aromatic ring is 1. The minimum absolute atomic E-state index is 0.284. The lowest BCUT2D eigenvalue weighted by atomic mass is 9.96. The van der Waals surface area contributed by atoms with E-state index < -0.39 is 0 Å². The number of aryl methyl sites for hydroxylation is 1. The molecule has 1 fully saturated rings. The van der Waals surface area contributed by atoms with Crippen LogP contribution in [0.4, 0.5) is 11.9 Å². The highest BCUT2D eigenvalue weighted by Crippen LogP contribution is 2.35. The number of rotatable bonds is 4. The van der Waals surface area contributed by atoms with Crippen LogP contribution in [0.25, 0.3) is 0 Å². The molecule has 0 aliphatic carbocycles. The van der Waals surface area contributed by atoms with Crippen molar-refractivity contribution in [2.45, 2.75) is 39.3 Å². The number of nitrogens with two attached hydrogens (primary N) is 1. The van der Waals surface area contributed by atoms with Gasteiger partial charge in [-0.15, -0.1) is 0 Å². The van der Waals surface area contributed by atoms with Gasteiger partial charge in [0.25, 0.3) is 0 Å². The third-order valence-corrected chi connectivity index (χ3v) is 4.80. The molecular weight excluding hydrogens is 300 g/mol. The number of hydrogen-bond donors (Lipinski definition) is 1. The first-order valence-electron chi connectivity index (χ1n) is 8.43. The Morgan fingerprint density at radius 2 is 2.00 bits per heavy atom. The van der Waals surface area contributed by atoms with Gasteiger partial charge in [-0.2, -0.15) is 15.0 Å². The van der Waals surface area contributed by atoms with Crippen LogP contribution in [-0.2, 0) is 6.54 Å². The molecule has 0 unspecified atom stereocenters. The summed E-state index contributed by atoms with van der Waals surface area (Å²) >= 11 is 0. The van der Waals surface area contributed by atoms with Crippen LogP contribution in [0.5, 0.6) is 0 Å². The Hall–Kier alpha value is -2.21. The van der Waals surface area contributed by atoms with Crippen molar-refractivity contribution in [1.29, 1.82) is 0 Å². The summed E-state index contributed by atoms with van der Waals surface area (Å²) in [6, 6.07) is 7.00. The summed E-state index contributed by atoms with van der Waals surface area (Å²) in [6.07, 6.45) is 2.37. The third kappa shape index (κ3) is 3.33. The van der Waals surface area contributed by atoms with Gasteiger partial charge in [0.15, 0.2) is 0 Å². The van der Waals surface area contributed by atoms with E-state index in [1.165, 1.54) is 29.5 Å². The Labute approximate surface area is 143 Å². The van der Waals surface area contributed by atoms with Gasteiger partial charge in [0.05, 0.1) is 6.54 Å². The summed E-state index contributed by atoms with van der Waals surface area (Å²) in [6.45, 7) is 6.15. The molecule has 0 bridgehead atoms. The minimum Gasteiger partial charge on any atom is -0.368 e. The normalized spacial score (nSPS) is 18.1. The second-order valence-corrected chi connectivity index (χ2v) is 6.72. The molecule has 3 rings (SSSR count). The second-order valence-electron chi connectivity index (χ2n) is 6.72. The molecular formula is C18H26N6. The fraction of sp³-hybridized carbons (Fsp3) is 0.500. The van der Waals surface area contributed by atoms with E-state index in [0.29, 0.717) is 18.5 Å². The molecule has 0 spiro atoms. The Morgan fingerprint density at radius 3 is 2.75 bits per heavy atom. The van der Waals surface area contributed by atoms with E-state index in [0.717, 1.165) is 12.4 Å². The van der Waals surface area contributed by atoms with Crippen LogP contribution in [0.2, 0.25) is 0 Å². The van der Waals surface area contributed by atoms with Gasteiger partial charge in [-0.05, 0) is 49.9 Å². The molecule has 2 heterocycles. The summed E-state index contributed by atoms with van der Waals surface area (Å²) in [7, 11) is 3.82. The molecule has 1 aliphatic rings. The minimum atomic E-state index is 0.284. The van der Waals surface area contributed by atoms with E-state index in [-0.39, 0.29) is 5.95 Å². The standard InChI is InChI=1S/C18H26N6/c1-12-7-5-8-14(13(12)2)15-9-6-10-24(15)11-16-20-17(19)22-18(21-16)23(3)4/h5,7-8,15H,6,9-11H2,1-4H3,(H2,19,20,21,22)/t15-/m1/s1. The first kappa shape index (κ1) is 16.6. The summed E-state index contributed by atoms with van der Waals surface area (Å²) in [5.41, 5.74) is 10.0. The van der Waals surface area contributed by atoms with Crippen molar-refractivity contribution in [2.24, 2.45) is 0 Å². The van der Waals surface area contributed by atoms with Crippen molar-refractivity contribution in [1.82, 2.24) is 19.9 Å². The fourth-order valence-corrected chi connectivity index (χ4v) is 3.38.